The van der Waals surface area contributed by atoms with Gasteiger partial charge < -0.3 is 5.32 Å². The van der Waals surface area contributed by atoms with Crippen molar-refractivity contribution in [2.45, 2.75) is 24.3 Å². The molecule has 2 aromatic carbocycles. The summed E-state index contributed by atoms with van der Waals surface area (Å²) < 4.78 is 26.4. The van der Waals surface area contributed by atoms with Crippen LogP contribution in [0, 0.1) is 0 Å². The van der Waals surface area contributed by atoms with Gasteiger partial charge in [-0.1, -0.05) is 35.9 Å². The Kier molecular flexibility index (Phi) is 5.29. The molecule has 0 radical (unpaired) electrons. The van der Waals surface area contributed by atoms with Gasteiger partial charge in [0.2, 0.25) is 5.91 Å². The summed E-state index contributed by atoms with van der Waals surface area (Å²) >= 11 is 5.86. The van der Waals surface area contributed by atoms with Gasteiger partial charge in [0, 0.05) is 17.0 Å². The zero-order valence-corrected chi connectivity index (χ0v) is 15.6. The van der Waals surface area contributed by atoms with E-state index in [1.165, 1.54) is 6.07 Å². The fourth-order valence-electron chi connectivity index (χ4n) is 2.67. The highest BCUT2D eigenvalue weighted by atomic mass is 35.5. The van der Waals surface area contributed by atoms with Gasteiger partial charge in [0.25, 0.3) is 10.0 Å². The van der Waals surface area contributed by atoms with Crippen LogP contribution >= 0.6 is 11.6 Å². The van der Waals surface area contributed by atoms with Crippen LogP contribution < -0.4 is 10.0 Å². The lowest BCUT2D eigenvalue weighted by atomic mass is 10.1. The van der Waals surface area contributed by atoms with E-state index in [0.717, 1.165) is 5.56 Å². The number of sulfonamides is 1. The quantitative estimate of drug-likeness (QED) is 0.821. The third-order valence-corrected chi connectivity index (χ3v) is 5.67. The largest absolute Gasteiger partial charge is 0.350 e. The number of amidine groups is 1. The number of nitrogens with zero attached hydrogens (tertiary/aromatic N) is 1. The van der Waals surface area contributed by atoms with Crippen LogP contribution in [-0.4, -0.2) is 26.7 Å². The molecule has 2 N–H and O–H groups in total. The molecule has 0 aliphatic carbocycles. The monoisotopic (exact) mass is 391 g/mol. The molecule has 0 aromatic heterocycles. The molecule has 1 amide bonds. The lowest BCUT2D eigenvalue weighted by Gasteiger charge is -2.14. The molecule has 0 spiro atoms. The molecule has 26 heavy (non-hydrogen) atoms. The minimum Gasteiger partial charge on any atom is -0.350 e. The number of aliphatic imine (C=N–C) groups is 1. The zero-order chi connectivity index (χ0) is 18.7. The Morgan fingerprint density at radius 1 is 1.19 bits per heavy atom. The molecule has 3 rings (SSSR count). The normalized spacial score (nSPS) is 17.4. The smallest absolute Gasteiger partial charge is 0.263 e. The summed E-state index contributed by atoms with van der Waals surface area (Å²) in [6, 6.07) is 13.7. The first-order valence-electron chi connectivity index (χ1n) is 8.08. The number of rotatable bonds is 5. The summed E-state index contributed by atoms with van der Waals surface area (Å²) in [6.45, 7) is 2.07. The number of nitrogens with one attached hydrogen (secondary N) is 2. The third-order valence-electron chi connectivity index (χ3n) is 4.02. The Morgan fingerprint density at radius 3 is 2.62 bits per heavy atom. The van der Waals surface area contributed by atoms with E-state index in [2.05, 4.69) is 15.0 Å². The van der Waals surface area contributed by atoms with E-state index >= 15 is 0 Å². The molecule has 1 aliphatic rings. The van der Waals surface area contributed by atoms with Crippen molar-refractivity contribution in [3.05, 3.63) is 64.7 Å². The van der Waals surface area contributed by atoms with Gasteiger partial charge in [-0.25, -0.2) is 8.42 Å². The van der Waals surface area contributed by atoms with Gasteiger partial charge in [-0.2, -0.15) is 0 Å². The van der Waals surface area contributed by atoms with Crippen molar-refractivity contribution in [1.82, 2.24) is 10.0 Å². The predicted octanol–water partition coefficient (Wildman–Crippen LogP) is 2.65. The molecule has 1 aliphatic heterocycles. The maximum Gasteiger partial charge on any atom is 0.263 e. The fourth-order valence-corrected chi connectivity index (χ4v) is 4.05. The predicted molar refractivity (Wildman–Crippen MR) is 101 cm³/mol. The van der Waals surface area contributed by atoms with E-state index in [-0.39, 0.29) is 35.6 Å². The van der Waals surface area contributed by atoms with Gasteiger partial charge in [0.05, 0.1) is 17.5 Å². The highest BCUT2D eigenvalue weighted by molar-refractivity contribution is 7.90. The van der Waals surface area contributed by atoms with Crippen LogP contribution in [0.4, 0.5) is 0 Å². The zero-order valence-electron chi connectivity index (χ0n) is 14.1. The molecule has 8 heteroatoms. The third kappa shape index (κ3) is 4.05. The first kappa shape index (κ1) is 18.4. The summed E-state index contributed by atoms with van der Waals surface area (Å²) in [7, 11) is -3.56. The molecule has 6 nitrogen and oxygen atoms in total. The minimum absolute atomic E-state index is 0.155. The molecular weight excluding hydrogens is 374 g/mol. The molecule has 1 atom stereocenters. The topological polar surface area (TPSA) is 87.6 Å². The van der Waals surface area contributed by atoms with Crippen molar-refractivity contribution in [2.24, 2.45) is 4.99 Å². The number of carbonyl (C=O) groups is 1. The van der Waals surface area contributed by atoms with E-state index < -0.39 is 10.0 Å². The molecular formula is C18H18ClN3O3S. The van der Waals surface area contributed by atoms with Crippen LogP contribution in [-0.2, 0) is 14.8 Å². The standard InChI is InChI=1S/C18H18ClN3O3S/c1-12(13-6-8-14(19)9-7-13)21-17(23)10-11-20-18-15-4-2-3-5-16(15)26(24,25)22-18/h2-9,12H,10-11H2,1H3,(H,20,22)(H,21,23)/t12-/m1/s1. The summed E-state index contributed by atoms with van der Waals surface area (Å²) in [5, 5.41) is 3.53. The molecule has 1 heterocycles. The van der Waals surface area contributed by atoms with Gasteiger partial charge >= 0.3 is 0 Å². The van der Waals surface area contributed by atoms with Gasteiger partial charge in [0.1, 0.15) is 5.84 Å². The Balaban J connectivity index is 1.59. The van der Waals surface area contributed by atoms with Crippen LogP contribution in [0.3, 0.4) is 0 Å². The average molecular weight is 392 g/mol. The molecule has 0 bridgehead atoms. The van der Waals surface area contributed by atoms with Crippen molar-refractivity contribution in [1.29, 1.82) is 0 Å². The lowest BCUT2D eigenvalue weighted by Crippen LogP contribution is -2.27. The van der Waals surface area contributed by atoms with Crippen molar-refractivity contribution >= 4 is 33.4 Å². The van der Waals surface area contributed by atoms with Gasteiger partial charge in [0.15, 0.2) is 0 Å². The van der Waals surface area contributed by atoms with E-state index in [0.29, 0.717) is 10.6 Å². The van der Waals surface area contributed by atoms with Crippen LogP contribution in [0.1, 0.15) is 30.5 Å². The fraction of sp³-hybridized carbons (Fsp3) is 0.222. The molecule has 136 valence electrons. The minimum atomic E-state index is -3.56. The van der Waals surface area contributed by atoms with Gasteiger partial charge in [-0.3, -0.25) is 14.5 Å². The first-order chi connectivity index (χ1) is 12.4. The molecule has 0 saturated heterocycles. The number of hydrogen-bond donors (Lipinski definition) is 2. The van der Waals surface area contributed by atoms with Crippen LogP contribution in [0.2, 0.25) is 5.02 Å². The molecule has 0 saturated carbocycles. The molecule has 0 fully saturated rings. The van der Waals surface area contributed by atoms with Gasteiger partial charge in [-0.05, 0) is 36.8 Å². The van der Waals surface area contributed by atoms with Gasteiger partial charge in [-0.15, -0.1) is 0 Å². The Morgan fingerprint density at radius 2 is 1.88 bits per heavy atom. The molecule has 0 unspecified atom stereocenters. The Labute approximate surface area is 157 Å². The van der Waals surface area contributed by atoms with E-state index in [1.807, 2.05) is 19.1 Å². The second-order valence-electron chi connectivity index (χ2n) is 5.92. The average Bonchev–Trinajstić information content (AvgIpc) is 2.86. The second-order valence-corrected chi connectivity index (χ2v) is 8.01. The van der Waals surface area contributed by atoms with Crippen LogP contribution in [0.5, 0.6) is 0 Å². The van der Waals surface area contributed by atoms with Crippen molar-refractivity contribution in [2.75, 3.05) is 6.54 Å². The maximum atomic E-state index is 12.1. The molecule has 2 aromatic rings. The Bertz CT molecular complexity index is 956. The van der Waals surface area contributed by atoms with Crippen molar-refractivity contribution < 1.29 is 13.2 Å². The van der Waals surface area contributed by atoms with E-state index in [1.54, 1.807) is 30.3 Å². The lowest BCUT2D eigenvalue weighted by molar-refractivity contribution is -0.121. The number of hydrogen-bond acceptors (Lipinski definition) is 4. The summed E-state index contributed by atoms with van der Waals surface area (Å²) in [5.74, 6) is 0.116. The van der Waals surface area contributed by atoms with Crippen LogP contribution in [0.15, 0.2) is 58.4 Å². The maximum absolute atomic E-state index is 12.1. The number of amides is 1. The van der Waals surface area contributed by atoms with Crippen molar-refractivity contribution in [3.8, 4) is 0 Å². The highest BCUT2D eigenvalue weighted by Crippen LogP contribution is 2.22. The van der Waals surface area contributed by atoms with Crippen LogP contribution in [0.25, 0.3) is 0 Å². The first-order valence-corrected chi connectivity index (χ1v) is 9.94. The van der Waals surface area contributed by atoms with Crippen molar-refractivity contribution in [3.63, 3.8) is 0 Å². The number of fused-ring (bicyclic) bond motifs is 1. The second kappa shape index (κ2) is 7.47. The summed E-state index contributed by atoms with van der Waals surface area (Å²) in [5.41, 5.74) is 1.48. The number of carbonyl (C=O) groups excluding carboxylic acids is 1. The van der Waals surface area contributed by atoms with E-state index in [9.17, 15) is 13.2 Å². The number of benzene rings is 2. The SMILES string of the molecule is C[C@@H](NC(=O)CCN=C1NS(=O)(=O)c2ccccc21)c1ccc(Cl)cc1. The summed E-state index contributed by atoms with van der Waals surface area (Å²) in [6.07, 6.45) is 0.158. The van der Waals surface area contributed by atoms with E-state index in [4.69, 9.17) is 11.6 Å². The highest BCUT2D eigenvalue weighted by Gasteiger charge is 2.29. The Hall–Kier alpha value is -2.38. The summed E-state index contributed by atoms with van der Waals surface area (Å²) in [4.78, 5) is 16.5. The number of halogens is 1.